The number of unbranched alkanes of at least 4 members (excludes halogenated alkanes) is 9. The zero-order valence-corrected chi connectivity index (χ0v) is 38.1. The van der Waals surface area contributed by atoms with E-state index >= 15 is 0 Å². The van der Waals surface area contributed by atoms with Crippen LogP contribution in [0.3, 0.4) is 0 Å². The van der Waals surface area contributed by atoms with Crippen LogP contribution in [0.15, 0.2) is 0 Å². The van der Waals surface area contributed by atoms with E-state index in [0.717, 1.165) is 0 Å². The quantitative estimate of drug-likeness (QED) is 0.0783. The van der Waals surface area contributed by atoms with Crippen LogP contribution in [0.5, 0.6) is 0 Å². The molecule has 47 heavy (non-hydrogen) atoms. The summed E-state index contributed by atoms with van der Waals surface area (Å²) >= 11 is 0. The Morgan fingerprint density at radius 3 is 0.468 bits per heavy atom. The maximum atomic E-state index is 8.55. The number of hydrogen-bond donors (Lipinski definition) is 0. The lowest BCUT2D eigenvalue weighted by molar-refractivity contribution is -0.432. The molecule has 0 bridgehead atoms. The molecule has 0 amide bonds. The van der Waals surface area contributed by atoms with Crippen molar-refractivity contribution in [2.45, 2.75) is 178 Å². The highest BCUT2D eigenvalue weighted by atomic mass is 31.2. The smallest absolute Gasteiger partial charge is 0.0591 e. The lowest BCUT2D eigenvalue weighted by Crippen LogP contribution is -2.24. The fourth-order valence-corrected chi connectivity index (χ4v) is 17.6. The Bertz CT molecular complexity index is 512. The summed E-state index contributed by atoms with van der Waals surface area (Å²) in [6.45, 7) is 28.8. The molecule has 0 aliphatic heterocycles. The van der Waals surface area contributed by atoms with Gasteiger partial charge in [-0.3, -0.25) is 0 Å². The van der Waals surface area contributed by atoms with E-state index in [9.17, 15) is 0 Å². The molecule has 0 saturated heterocycles. The summed E-state index contributed by atoms with van der Waals surface area (Å²) in [6.07, 6.45) is 39.7. The molecule has 0 rings (SSSR count). The SMILES string of the molecule is CCCC[P+](C)(CCCC)CCCC.CCCC[P+](C)(CCCC)CCCC.CCCC[P+](C)(CCCC)CCCC.O=P([O-])([O-])[O-]. The second-order valence-corrected chi connectivity index (χ2v) is 29.6. The Kier molecular flexibility index (Phi) is 43.6. The predicted octanol–water partition coefficient (Wildman–Crippen LogP) is 12.3. The Balaban J connectivity index is -0.000000275. The van der Waals surface area contributed by atoms with Gasteiger partial charge in [-0.2, -0.15) is 7.82 Å². The molecule has 0 aromatic heterocycles. The first-order valence-electron chi connectivity index (χ1n) is 20.3. The molecular formula is C39H90O4P4. The lowest BCUT2D eigenvalue weighted by atomic mass is 10.4. The summed E-state index contributed by atoms with van der Waals surface area (Å²) in [6, 6.07) is 0. The zero-order valence-electron chi connectivity index (χ0n) is 34.5. The van der Waals surface area contributed by atoms with E-state index in [0.29, 0.717) is 0 Å². The maximum Gasteiger partial charge on any atom is 0.0591 e. The van der Waals surface area contributed by atoms with Gasteiger partial charge >= 0.3 is 0 Å². The normalized spacial score (nSPS) is 12.0. The van der Waals surface area contributed by atoms with Gasteiger partial charge in [-0.15, -0.1) is 0 Å². The molecule has 0 heterocycles. The highest BCUT2D eigenvalue weighted by Crippen LogP contribution is 2.58. The number of rotatable bonds is 27. The van der Waals surface area contributed by atoms with Crippen molar-refractivity contribution in [3.63, 3.8) is 0 Å². The van der Waals surface area contributed by atoms with E-state index in [1.165, 1.54) is 116 Å². The Labute approximate surface area is 301 Å². The van der Waals surface area contributed by atoms with Gasteiger partial charge in [-0.1, -0.05) is 120 Å². The van der Waals surface area contributed by atoms with Crippen LogP contribution in [0, 0.1) is 0 Å². The first kappa shape index (κ1) is 55.2. The van der Waals surface area contributed by atoms with Crippen LogP contribution in [0.4, 0.5) is 0 Å². The van der Waals surface area contributed by atoms with Crippen LogP contribution < -0.4 is 14.7 Å². The molecule has 0 N–H and O–H groups in total. The van der Waals surface area contributed by atoms with Crippen molar-refractivity contribution in [3.05, 3.63) is 0 Å². The highest BCUT2D eigenvalue weighted by molar-refractivity contribution is 7.75. The van der Waals surface area contributed by atoms with Crippen molar-refractivity contribution in [3.8, 4) is 0 Å². The molecular weight excluding hydrogens is 656 g/mol. The first-order chi connectivity index (χ1) is 22.0. The van der Waals surface area contributed by atoms with Crippen molar-refractivity contribution in [1.29, 1.82) is 0 Å². The van der Waals surface area contributed by atoms with Crippen molar-refractivity contribution < 1.29 is 19.2 Å². The molecule has 0 aromatic carbocycles. The minimum absolute atomic E-state index is 0.519. The van der Waals surface area contributed by atoms with Gasteiger partial charge in [0, 0.05) is 41.8 Å². The zero-order chi connectivity index (χ0) is 37.1. The third-order valence-electron chi connectivity index (χ3n) is 9.46. The van der Waals surface area contributed by atoms with Gasteiger partial charge in [0.2, 0.25) is 0 Å². The second kappa shape index (κ2) is 37.2. The molecule has 0 radical (unpaired) electrons. The molecule has 0 aliphatic carbocycles. The largest absolute Gasteiger partial charge is 0.822 e. The molecule has 0 saturated carbocycles. The third-order valence-corrected chi connectivity index (χ3v) is 22.0. The van der Waals surface area contributed by atoms with E-state index in [-0.39, 0.29) is 0 Å². The fraction of sp³-hybridized carbons (Fsp3) is 1.00. The summed E-state index contributed by atoms with van der Waals surface area (Å²) in [5, 5.41) is 0. The monoisotopic (exact) mass is 747 g/mol. The molecule has 0 unspecified atom stereocenters. The van der Waals surface area contributed by atoms with Crippen molar-refractivity contribution in [2.75, 3.05) is 75.5 Å². The topological polar surface area (TPSA) is 86.2 Å². The molecule has 0 aromatic rings. The minimum atomic E-state index is -5.39. The summed E-state index contributed by atoms with van der Waals surface area (Å²) in [7, 11) is -6.95. The standard InChI is InChI=1S/3C13H30P.H3O4P/c3*1-5-8-11-14(4,12-9-6-2)13-10-7-3;1-5(2,3)4/h3*5-13H2,1-4H3;(H3,1,2,3,4)/q3*+1;/p-3. The van der Waals surface area contributed by atoms with Gasteiger partial charge < -0.3 is 19.2 Å². The molecule has 8 heteroatoms. The number of phosphoric acid groups is 1. The maximum absolute atomic E-state index is 8.55. The second-order valence-electron chi connectivity index (χ2n) is 15.0. The number of hydrogen-bond acceptors (Lipinski definition) is 4. The summed E-state index contributed by atoms with van der Waals surface area (Å²) in [5.41, 5.74) is 0. The van der Waals surface area contributed by atoms with Crippen LogP contribution >= 0.6 is 29.6 Å². The van der Waals surface area contributed by atoms with Crippen molar-refractivity contribution in [2.24, 2.45) is 0 Å². The fourth-order valence-electron chi connectivity index (χ4n) is 5.86. The molecule has 4 nitrogen and oxygen atoms in total. The van der Waals surface area contributed by atoms with Gasteiger partial charge in [0.15, 0.2) is 0 Å². The average Bonchev–Trinajstić information content (AvgIpc) is 3.03. The van der Waals surface area contributed by atoms with E-state index in [2.05, 4.69) is 82.3 Å². The van der Waals surface area contributed by atoms with Crippen LogP contribution in [0.25, 0.3) is 0 Å². The molecule has 0 atom stereocenters. The molecule has 0 fully saturated rings. The van der Waals surface area contributed by atoms with E-state index in [1.54, 1.807) is 55.5 Å². The van der Waals surface area contributed by atoms with Crippen LogP contribution in [0.1, 0.15) is 178 Å². The summed E-state index contributed by atoms with van der Waals surface area (Å²) < 4.78 is 8.55. The van der Waals surface area contributed by atoms with Crippen molar-refractivity contribution >= 4 is 29.6 Å². The van der Waals surface area contributed by atoms with E-state index in [4.69, 9.17) is 19.2 Å². The van der Waals surface area contributed by atoms with Gasteiger partial charge in [-0.05, 0) is 57.8 Å². The van der Waals surface area contributed by atoms with Crippen LogP contribution in [-0.4, -0.2) is 75.5 Å². The van der Waals surface area contributed by atoms with Gasteiger partial charge in [-0.25, -0.2) is 0 Å². The molecule has 290 valence electrons. The first-order valence-corrected chi connectivity index (χ1v) is 30.1. The van der Waals surface area contributed by atoms with Gasteiger partial charge in [0.05, 0.1) is 55.5 Å². The van der Waals surface area contributed by atoms with Gasteiger partial charge in [0.1, 0.15) is 0 Å². The van der Waals surface area contributed by atoms with Crippen LogP contribution in [0.2, 0.25) is 0 Å². The summed E-state index contributed by atoms with van der Waals surface area (Å²) in [5.74, 6) is 0. The Morgan fingerprint density at radius 2 is 0.404 bits per heavy atom. The minimum Gasteiger partial charge on any atom is -0.822 e. The third kappa shape index (κ3) is 45.4. The Morgan fingerprint density at radius 1 is 0.319 bits per heavy atom. The average molecular weight is 747 g/mol. The van der Waals surface area contributed by atoms with Crippen molar-refractivity contribution in [1.82, 2.24) is 0 Å². The van der Waals surface area contributed by atoms with E-state index in [1.807, 2.05) is 0 Å². The highest BCUT2D eigenvalue weighted by Gasteiger charge is 2.30. The Hall–Kier alpha value is 1.40. The molecule has 0 spiro atoms. The predicted molar refractivity (Wildman–Crippen MR) is 224 cm³/mol. The van der Waals surface area contributed by atoms with Crippen LogP contribution in [-0.2, 0) is 4.57 Å². The van der Waals surface area contributed by atoms with E-state index < -0.39 is 29.6 Å². The lowest BCUT2D eigenvalue weighted by Gasteiger charge is -2.36. The van der Waals surface area contributed by atoms with Gasteiger partial charge in [0.25, 0.3) is 0 Å². The molecule has 0 aliphatic rings. The summed E-state index contributed by atoms with van der Waals surface area (Å²) in [4.78, 5) is 25.6.